The number of amides is 3. The van der Waals surface area contributed by atoms with Crippen LogP contribution in [0, 0.1) is 0 Å². The summed E-state index contributed by atoms with van der Waals surface area (Å²) in [6, 6.07) is 5.22. The Labute approximate surface area is 182 Å². The molecule has 3 amide bonds. The van der Waals surface area contributed by atoms with Crippen molar-refractivity contribution in [3.63, 3.8) is 0 Å². The van der Waals surface area contributed by atoms with E-state index in [4.69, 9.17) is 23.2 Å². The molecule has 158 valence electrons. The van der Waals surface area contributed by atoms with Crippen molar-refractivity contribution in [3.05, 3.63) is 57.5 Å². The zero-order chi connectivity index (χ0) is 21.6. The third-order valence-corrected chi connectivity index (χ3v) is 5.54. The number of halogens is 2. The maximum atomic E-state index is 12.9. The van der Waals surface area contributed by atoms with Gasteiger partial charge in [0, 0.05) is 27.2 Å². The van der Waals surface area contributed by atoms with Gasteiger partial charge in [0.2, 0.25) is 0 Å². The topological polar surface area (TPSA) is 64.7 Å². The number of carbonyl (C=O) groups is 2. The molecule has 0 radical (unpaired) electrons. The number of rotatable bonds is 9. The minimum atomic E-state index is -0.303. The smallest absolute Gasteiger partial charge is 0.328 e. The molecule has 1 aliphatic heterocycles. The van der Waals surface area contributed by atoms with E-state index in [9.17, 15) is 9.59 Å². The molecule has 0 saturated heterocycles. The number of unbranched alkanes of at least 4 members (excludes halogenated alkanes) is 1. The third-order valence-electron chi connectivity index (χ3n) is 4.80. The molecule has 1 aromatic carbocycles. The van der Waals surface area contributed by atoms with E-state index in [0.717, 1.165) is 31.2 Å². The molecule has 0 spiro atoms. The predicted octanol–water partition coefficient (Wildman–Crippen LogP) is 4.15. The van der Waals surface area contributed by atoms with Crippen molar-refractivity contribution in [1.29, 1.82) is 0 Å². The Balaban J connectivity index is 2.04. The summed E-state index contributed by atoms with van der Waals surface area (Å²) >= 11 is 12.0. The maximum absolute atomic E-state index is 12.9. The third kappa shape index (κ3) is 5.67. The molecule has 0 atom stereocenters. The first-order valence-corrected chi connectivity index (χ1v) is 10.4. The summed E-state index contributed by atoms with van der Waals surface area (Å²) in [5.41, 5.74) is 2.42. The van der Waals surface area contributed by atoms with Gasteiger partial charge in [-0.2, -0.15) is 0 Å². The molecule has 29 heavy (non-hydrogen) atoms. The van der Waals surface area contributed by atoms with Crippen LogP contribution in [0.4, 0.5) is 4.79 Å². The maximum Gasteiger partial charge on any atom is 0.328 e. The fourth-order valence-electron chi connectivity index (χ4n) is 3.02. The number of nitrogens with one attached hydrogen (secondary N) is 2. The highest BCUT2D eigenvalue weighted by atomic mass is 35.5. The van der Waals surface area contributed by atoms with Crippen LogP contribution in [0.2, 0.25) is 10.0 Å². The van der Waals surface area contributed by atoms with Gasteiger partial charge < -0.3 is 10.6 Å². The Morgan fingerprint density at radius 1 is 1.10 bits per heavy atom. The second-order valence-corrected chi connectivity index (χ2v) is 7.77. The zero-order valence-electron chi connectivity index (χ0n) is 17.1. The van der Waals surface area contributed by atoms with Crippen LogP contribution in [-0.2, 0) is 11.2 Å². The molecule has 1 heterocycles. The van der Waals surface area contributed by atoms with Crippen LogP contribution in [0.25, 0.3) is 0 Å². The molecule has 8 heteroatoms. The Kier molecular flexibility index (Phi) is 8.41. The van der Waals surface area contributed by atoms with E-state index in [1.165, 1.54) is 9.80 Å². The molecule has 6 nitrogen and oxygen atoms in total. The molecule has 0 unspecified atom stereocenters. The highest BCUT2D eigenvalue weighted by Gasteiger charge is 2.34. The molecule has 1 aromatic rings. The number of likely N-dealkylation sites (N-methyl/N-ethyl adjacent to an activating group) is 2. The van der Waals surface area contributed by atoms with Crippen LogP contribution in [0.1, 0.15) is 31.7 Å². The summed E-state index contributed by atoms with van der Waals surface area (Å²) in [5, 5.41) is 7.22. The van der Waals surface area contributed by atoms with Gasteiger partial charge >= 0.3 is 6.03 Å². The molecular weight excluding hydrogens is 411 g/mol. The average molecular weight is 439 g/mol. The minimum absolute atomic E-state index is 0.294. The van der Waals surface area contributed by atoms with Crippen molar-refractivity contribution in [2.75, 3.05) is 27.2 Å². The molecule has 2 rings (SSSR count). The standard InChI is InChI=1S/C21H28Cl2N4O2/c1-5-6-11-24-18-14(2)26(3)21(29)27(4)19(18)20(28)25-12-7-8-15-9-10-16(22)17(23)13-15/h9-10,13,24H,2,5-8,11-12H2,1,3-4H3,(H,25,28). The Hall–Kier alpha value is -2.18. The van der Waals surface area contributed by atoms with Crippen molar-refractivity contribution in [1.82, 2.24) is 20.4 Å². The predicted molar refractivity (Wildman–Crippen MR) is 118 cm³/mol. The van der Waals surface area contributed by atoms with Gasteiger partial charge in [-0.25, -0.2) is 4.79 Å². The number of nitrogens with zero attached hydrogens (tertiary/aromatic N) is 2. The fourth-order valence-corrected chi connectivity index (χ4v) is 3.34. The van der Waals surface area contributed by atoms with Crippen LogP contribution in [-0.4, -0.2) is 48.9 Å². The van der Waals surface area contributed by atoms with Crippen molar-refractivity contribution >= 4 is 35.1 Å². The van der Waals surface area contributed by atoms with Crippen molar-refractivity contribution in [2.45, 2.75) is 32.6 Å². The number of benzene rings is 1. The molecule has 0 fully saturated rings. The van der Waals surface area contributed by atoms with Crippen molar-refractivity contribution < 1.29 is 9.59 Å². The molecule has 0 aliphatic carbocycles. The SMILES string of the molecule is C=C1C(NCCCC)=C(C(=O)NCCCc2ccc(Cl)c(Cl)c2)N(C)C(=O)N1C. The molecule has 1 aliphatic rings. The van der Waals surface area contributed by atoms with Gasteiger partial charge in [-0.05, 0) is 37.0 Å². The number of hydrogen-bond acceptors (Lipinski definition) is 3. The largest absolute Gasteiger partial charge is 0.382 e. The van der Waals surface area contributed by atoms with Gasteiger partial charge in [0.05, 0.1) is 21.4 Å². The second-order valence-electron chi connectivity index (χ2n) is 6.96. The van der Waals surface area contributed by atoms with Gasteiger partial charge in [0.1, 0.15) is 5.70 Å². The van der Waals surface area contributed by atoms with Crippen molar-refractivity contribution in [3.8, 4) is 0 Å². The monoisotopic (exact) mass is 438 g/mol. The highest BCUT2D eigenvalue weighted by Crippen LogP contribution is 2.25. The fraction of sp³-hybridized carbons (Fsp3) is 0.429. The zero-order valence-corrected chi connectivity index (χ0v) is 18.7. The average Bonchev–Trinajstić information content (AvgIpc) is 2.70. The van der Waals surface area contributed by atoms with E-state index in [-0.39, 0.29) is 11.9 Å². The first-order chi connectivity index (χ1) is 13.8. The minimum Gasteiger partial charge on any atom is -0.382 e. The highest BCUT2D eigenvalue weighted by molar-refractivity contribution is 6.42. The molecule has 2 N–H and O–H groups in total. The molecule has 0 aromatic heterocycles. The summed E-state index contributed by atoms with van der Waals surface area (Å²) in [5.74, 6) is -0.303. The van der Waals surface area contributed by atoms with Gasteiger partial charge in [-0.1, -0.05) is 49.2 Å². The number of carbonyl (C=O) groups excluding carboxylic acids is 2. The van der Waals surface area contributed by atoms with Gasteiger partial charge in [-0.3, -0.25) is 14.6 Å². The van der Waals surface area contributed by atoms with Gasteiger partial charge in [0.15, 0.2) is 0 Å². The Morgan fingerprint density at radius 2 is 1.83 bits per heavy atom. The normalized spacial score (nSPS) is 14.5. The van der Waals surface area contributed by atoms with E-state index in [2.05, 4.69) is 24.1 Å². The van der Waals surface area contributed by atoms with Crippen LogP contribution in [0.15, 0.2) is 41.9 Å². The van der Waals surface area contributed by atoms with Crippen LogP contribution < -0.4 is 10.6 Å². The van der Waals surface area contributed by atoms with Crippen LogP contribution in [0.3, 0.4) is 0 Å². The lowest BCUT2D eigenvalue weighted by Crippen LogP contribution is -2.49. The summed E-state index contributed by atoms with van der Waals surface area (Å²) in [7, 11) is 3.24. The van der Waals surface area contributed by atoms with E-state index in [1.807, 2.05) is 12.1 Å². The van der Waals surface area contributed by atoms with E-state index in [1.54, 1.807) is 20.2 Å². The lowest BCUT2D eigenvalue weighted by molar-refractivity contribution is -0.118. The second kappa shape index (κ2) is 10.6. The van der Waals surface area contributed by atoms with Gasteiger partial charge in [-0.15, -0.1) is 0 Å². The first-order valence-electron chi connectivity index (χ1n) is 9.68. The number of urea groups is 1. The molecular formula is C21H28Cl2N4O2. The van der Waals surface area contributed by atoms with Crippen LogP contribution >= 0.6 is 23.2 Å². The van der Waals surface area contributed by atoms with E-state index in [0.29, 0.717) is 40.2 Å². The first kappa shape index (κ1) is 23.1. The Morgan fingerprint density at radius 3 is 2.48 bits per heavy atom. The number of aryl methyl sites for hydroxylation is 1. The summed E-state index contributed by atoms with van der Waals surface area (Å²) in [6.45, 7) is 7.24. The lowest BCUT2D eigenvalue weighted by atomic mass is 10.1. The Bertz CT molecular complexity index is 823. The summed E-state index contributed by atoms with van der Waals surface area (Å²) in [4.78, 5) is 28.1. The number of hydrogen-bond donors (Lipinski definition) is 2. The quantitative estimate of drug-likeness (QED) is 0.568. The molecule has 0 saturated carbocycles. The van der Waals surface area contributed by atoms with Gasteiger partial charge in [0.25, 0.3) is 5.91 Å². The molecule has 0 bridgehead atoms. The van der Waals surface area contributed by atoms with Crippen molar-refractivity contribution in [2.24, 2.45) is 0 Å². The summed E-state index contributed by atoms with van der Waals surface area (Å²) < 4.78 is 0. The van der Waals surface area contributed by atoms with Crippen LogP contribution in [0.5, 0.6) is 0 Å². The lowest BCUT2D eigenvalue weighted by Gasteiger charge is -2.35. The van der Waals surface area contributed by atoms with E-state index >= 15 is 0 Å². The van der Waals surface area contributed by atoms with E-state index < -0.39 is 0 Å². The summed E-state index contributed by atoms with van der Waals surface area (Å²) in [6.07, 6.45) is 3.46.